The summed E-state index contributed by atoms with van der Waals surface area (Å²) in [7, 11) is -6.00. The summed E-state index contributed by atoms with van der Waals surface area (Å²) in [5.41, 5.74) is -1.15. The number of fused-ring (bicyclic) bond motifs is 1. The lowest BCUT2D eigenvalue weighted by molar-refractivity contribution is -0.174. The van der Waals surface area contributed by atoms with Gasteiger partial charge in [-0.15, -0.1) is 0 Å². The lowest BCUT2D eigenvalue weighted by Crippen LogP contribution is -2.66. The average Bonchev–Trinajstić information content (AvgIpc) is 3.20. The molecule has 0 bridgehead atoms. The number of nitrogens with zero attached hydrogens (tertiary/aromatic N) is 1. The Kier molecular flexibility index (Phi) is 11.6. The Labute approximate surface area is 251 Å². The van der Waals surface area contributed by atoms with E-state index in [2.05, 4.69) is 60.4 Å². The van der Waals surface area contributed by atoms with E-state index in [1.807, 2.05) is 0 Å². The zero-order valence-corrected chi connectivity index (χ0v) is 27.9. The Morgan fingerprint density at radius 3 is 2.21 bits per heavy atom. The van der Waals surface area contributed by atoms with Gasteiger partial charge in [0.25, 0.3) is 5.56 Å². The van der Waals surface area contributed by atoms with E-state index in [1.165, 1.54) is 16.8 Å². The van der Waals surface area contributed by atoms with Crippen LogP contribution in [0.3, 0.4) is 0 Å². The SMILES string of the molecule is CC(C)[Si]1(C(C)C)OC[C@H]2O[C@@H](n3ccc(=O)[nH]c3=O)[C@@H](OCOCCNC(=O)C(F)(F)F)C2O[Si](C(C)C)(C(C)C)O1. The topological polar surface area (TPSA) is 139 Å². The highest BCUT2D eigenvalue weighted by atomic mass is 28.5. The van der Waals surface area contributed by atoms with E-state index in [0.717, 1.165) is 0 Å². The van der Waals surface area contributed by atoms with Gasteiger partial charge in [0.1, 0.15) is 25.1 Å². The van der Waals surface area contributed by atoms with E-state index in [1.54, 1.807) is 5.32 Å². The normalized spacial score (nSPS) is 25.7. The fourth-order valence-corrected chi connectivity index (χ4v) is 16.9. The zero-order chi connectivity index (χ0) is 32.3. The van der Waals surface area contributed by atoms with Crippen molar-refractivity contribution in [3.63, 3.8) is 0 Å². The first-order chi connectivity index (χ1) is 20.0. The molecule has 0 spiro atoms. The van der Waals surface area contributed by atoms with Crippen molar-refractivity contribution >= 4 is 23.0 Å². The van der Waals surface area contributed by atoms with Crippen LogP contribution in [0, 0.1) is 0 Å². The smallest absolute Gasteiger partial charge is 0.414 e. The quantitative estimate of drug-likeness (QED) is 0.209. The first-order valence-electron chi connectivity index (χ1n) is 14.5. The number of carbonyl (C=O) groups is 1. The van der Waals surface area contributed by atoms with E-state index >= 15 is 0 Å². The van der Waals surface area contributed by atoms with Crippen LogP contribution < -0.4 is 16.6 Å². The van der Waals surface area contributed by atoms with Crippen LogP contribution in [-0.2, 0) is 32.0 Å². The number of rotatable bonds is 11. The summed E-state index contributed by atoms with van der Waals surface area (Å²) in [5.74, 6) is -2.07. The van der Waals surface area contributed by atoms with Crippen molar-refractivity contribution in [3.05, 3.63) is 33.1 Å². The highest BCUT2D eigenvalue weighted by molar-refractivity contribution is 6.84. The number of hydrogen-bond donors (Lipinski definition) is 2. The van der Waals surface area contributed by atoms with Gasteiger partial charge in [-0.3, -0.25) is 19.1 Å². The summed E-state index contributed by atoms with van der Waals surface area (Å²) in [5, 5.41) is 1.72. The molecule has 4 atom stereocenters. The maximum absolute atomic E-state index is 12.8. The number of amides is 1. The third kappa shape index (κ3) is 7.69. The Hall–Kier alpha value is -1.87. The predicted octanol–water partition coefficient (Wildman–Crippen LogP) is 3.43. The lowest BCUT2D eigenvalue weighted by atomic mass is 10.1. The Morgan fingerprint density at radius 1 is 1.07 bits per heavy atom. The number of aromatic amines is 1. The van der Waals surface area contributed by atoms with Crippen LogP contribution in [0.4, 0.5) is 13.2 Å². The Morgan fingerprint density at radius 2 is 1.67 bits per heavy atom. The molecule has 2 fully saturated rings. The first kappa shape index (κ1) is 35.6. The predicted molar refractivity (Wildman–Crippen MR) is 154 cm³/mol. The Balaban J connectivity index is 1.95. The molecule has 3 rings (SSSR count). The molecular weight excluding hydrogens is 611 g/mol. The van der Waals surface area contributed by atoms with Gasteiger partial charge in [-0.1, -0.05) is 55.4 Å². The Bertz CT molecular complexity index is 1190. The van der Waals surface area contributed by atoms with Crippen LogP contribution in [-0.4, -0.2) is 83.6 Å². The molecule has 0 aromatic carbocycles. The van der Waals surface area contributed by atoms with Crippen molar-refractivity contribution in [2.75, 3.05) is 26.6 Å². The summed E-state index contributed by atoms with van der Waals surface area (Å²) in [6.45, 7) is 15.6. The summed E-state index contributed by atoms with van der Waals surface area (Å²) in [4.78, 5) is 37.9. The minimum atomic E-state index is -5.00. The molecule has 2 N–H and O–H groups in total. The summed E-state index contributed by atoms with van der Waals surface area (Å²) in [6.07, 6.45) is -7.18. The molecule has 12 nitrogen and oxygen atoms in total. The van der Waals surface area contributed by atoms with Crippen molar-refractivity contribution in [1.82, 2.24) is 14.9 Å². The van der Waals surface area contributed by atoms with Gasteiger partial charge in [0.2, 0.25) is 0 Å². The number of carbonyl (C=O) groups excluding carboxylic acids is 1. The van der Waals surface area contributed by atoms with Crippen molar-refractivity contribution in [2.45, 2.75) is 108 Å². The fourth-order valence-electron chi connectivity index (χ4n) is 5.67. The van der Waals surface area contributed by atoms with Crippen LogP contribution in [0.1, 0.15) is 61.6 Å². The lowest BCUT2D eigenvalue weighted by Gasteiger charge is -2.51. The number of alkyl halides is 3. The molecule has 0 aliphatic carbocycles. The third-order valence-corrected chi connectivity index (χ3v) is 18.1. The first-order valence-corrected chi connectivity index (χ1v) is 18.4. The second kappa shape index (κ2) is 14.1. The molecule has 2 saturated heterocycles. The molecule has 2 aliphatic rings. The molecule has 2 aliphatic heterocycles. The van der Waals surface area contributed by atoms with Gasteiger partial charge in [0.15, 0.2) is 6.23 Å². The van der Waals surface area contributed by atoms with Gasteiger partial charge in [-0.25, -0.2) is 4.79 Å². The average molecular weight is 656 g/mol. The molecule has 0 radical (unpaired) electrons. The molecule has 43 heavy (non-hydrogen) atoms. The zero-order valence-electron chi connectivity index (χ0n) is 25.9. The minimum absolute atomic E-state index is 0.0109. The summed E-state index contributed by atoms with van der Waals surface area (Å²) in [6, 6.07) is 1.18. The number of nitrogens with one attached hydrogen (secondary N) is 2. The molecule has 1 aromatic heterocycles. The monoisotopic (exact) mass is 655 g/mol. The number of hydrogen-bond acceptors (Lipinski definition) is 9. The van der Waals surface area contributed by atoms with Crippen molar-refractivity contribution in [3.8, 4) is 0 Å². The summed E-state index contributed by atoms with van der Waals surface area (Å²) >= 11 is 0. The van der Waals surface area contributed by atoms with Crippen LogP contribution in [0.15, 0.2) is 21.9 Å². The van der Waals surface area contributed by atoms with Crippen molar-refractivity contribution < 1.29 is 45.1 Å². The van der Waals surface area contributed by atoms with Gasteiger partial charge >= 0.3 is 34.9 Å². The van der Waals surface area contributed by atoms with Gasteiger partial charge in [-0.2, -0.15) is 13.2 Å². The van der Waals surface area contributed by atoms with Gasteiger partial charge in [-0.05, 0) is 22.2 Å². The van der Waals surface area contributed by atoms with Gasteiger partial charge in [0, 0.05) is 18.8 Å². The fraction of sp³-hybridized carbons (Fsp3) is 0.808. The van der Waals surface area contributed by atoms with Crippen LogP contribution in [0.5, 0.6) is 0 Å². The second-order valence-corrected chi connectivity index (χ2v) is 20.9. The summed E-state index contributed by atoms with van der Waals surface area (Å²) < 4.78 is 77.3. The minimum Gasteiger partial charge on any atom is -0.414 e. The van der Waals surface area contributed by atoms with Crippen LogP contribution >= 0.6 is 0 Å². The van der Waals surface area contributed by atoms with Crippen molar-refractivity contribution in [1.29, 1.82) is 0 Å². The maximum Gasteiger partial charge on any atom is 0.471 e. The van der Waals surface area contributed by atoms with E-state index in [-0.39, 0.29) is 35.4 Å². The van der Waals surface area contributed by atoms with E-state index < -0.39 is 78.3 Å². The number of H-pyrrole nitrogens is 1. The third-order valence-electron chi connectivity index (χ3n) is 7.88. The molecule has 0 saturated carbocycles. The van der Waals surface area contributed by atoms with Crippen LogP contribution in [0.25, 0.3) is 0 Å². The van der Waals surface area contributed by atoms with Gasteiger partial charge < -0.3 is 32.5 Å². The second-order valence-electron chi connectivity index (χ2n) is 12.1. The molecule has 1 unspecified atom stereocenters. The number of aromatic nitrogens is 2. The molecule has 1 aromatic rings. The number of halogens is 3. The maximum atomic E-state index is 12.8. The molecule has 1 amide bonds. The van der Waals surface area contributed by atoms with E-state index in [4.69, 9.17) is 27.2 Å². The highest BCUT2D eigenvalue weighted by Crippen LogP contribution is 2.48. The van der Waals surface area contributed by atoms with E-state index in [0.29, 0.717) is 0 Å². The van der Waals surface area contributed by atoms with E-state index in [9.17, 15) is 27.6 Å². The standard InChI is InChI=1S/C26H44F3N3O9Si2/c1-15(2)42(16(3)4)38-13-19-21(40-43(41-42,17(5)6)18(7)8)22(23(39-19)32-11-9-20(33)31-25(32)35)37-14-36-12-10-30-24(34)26(27,28)29/h9,11,15-19,21-23H,10,12-14H2,1-8H3,(H,30,34)(H,31,33,35)/t19-,21?,22+,23-/m1/s1. The van der Waals surface area contributed by atoms with Crippen LogP contribution in [0.2, 0.25) is 22.2 Å². The molecule has 3 heterocycles. The molecule has 246 valence electrons. The largest absolute Gasteiger partial charge is 0.471 e. The molecular formula is C26H44F3N3O9Si2. The molecule has 17 heteroatoms. The van der Waals surface area contributed by atoms with Crippen molar-refractivity contribution in [2.24, 2.45) is 0 Å². The van der Waals surface area contributed by atoms with Gasteiger partial charge in [0.05, 0.1) is 13.2 Å². The highest BCUT2D eigenvalue weighted by Gasteiger charge is 2.62. The number of ether oxygens (including phenoxy) is 3.